The zero-order valence-electron chi connectivity index (χ0n) is 14.7. The minimum Gasteiger partial charge on any atom is -0.422 e. The van der Waals surface area contributed by atoms with Crippen LogP contribution in [0.1, 0.15) is 16.8 Å². The van der Waals surface area contributed by atoms with Gasteiger partial charge in [0.1, 0.15) is 15.9 Å². The van der Waals surface area contributed by atoms with Crippen LogP contribution in [-0.4, -0.2) is 13.0 Å². The molecular formula is C18H17NO6S. The van der Waals surface area contributed by atoms with Crippen LogP contribution in [0.25, 0.3) is 11.0 Å². The van der Waals surface area contributed by atoms with Gasteiger partial charge < -0.3 is 13.2 Å². The van der Waals surface area contributed by atoms with Crippen LogP contribution in [0.5, 0.6) is 5.75 Å². The molecule has 26 heavy (non-hydrogen) atoms. The summed E-state index contributed by atoms with van der Waals surface area (Å²) < 4.78 is 36.9. The molecule has 3 aromatic rings. The summed E-state index contributed by atoms with van der Waals surface area (Å²) in [5.41, 5.74) is 0.0572. The Kier molecular flexibility index (Phi) is 4.23. The zero-order valence-corrected chi connectivity index (χ0v) is 15.5. The number of hydrogen-bond acceptors (Lipinski definition) is 6. The molecule has 2 aromatic heterocycles. The molecule has 0 saturated carbocycles. The van der Waals surface area contributed by atoms with Crippen LogP contribution in [-0.2, 0) is 17.2 Å². The van der Waals surface area contributed by atoms with Crippen molar-refractivity contribution >= 4 is 21.1 Å². The van der Waals surface area contributed by atoms with Crippen LogP contribution in [0.2, 0.25) is 0 Å². The molecule has 3 rings (SSSR count). The monoisotopic (exact) mass is 375 g/mol. The Morgan fingerprint density at radius 3 is 2.27 bits per heavy atom. The first-order chi connectivity index (χ1) is 12.1. The van der Waals surface area contributed by atoms with E-state index < -0.39 is 21.3 Å². The number of fused-ring (bicyclic) bond motifs is 1. The predicted molar refractivity (Wildman–Crippen MR) is 96.2 cm³/mol. The highest BCUT2D eigenvalue weighted by Crippen LogP contribution is 2.28. The van der Waals surface area contributed by atoms with E-state index >= 15 is 0 Å². The normalized spacial score (nSPS) is 11.7. The number of aromatic nitrogens is 1. The van der Waals surface area contributed by atoms with E-state index in [-0.39, 0.29) is 27.2 Å². The maximum Gasteiger partial charge on any atom is 0.342 e. The number of aryl methyl sites for hydroxylation is 2. The third kappa shape index (κ3) is 2.92. The lowest BCUT2D eigenvalue weighted by Gasteiger charge is -2.12. The van der Waals surface area contributed by atoms with Gasteiger partial charge in [0, 0.05) is 18.8 Å². The van der Waals surface area contributed by atoms with Crippen molar-refractivity contribution in [3.8, 4) is 5.75 Å². The number of nitrogens with zero attached hydrogens (tertiary/aromatic N) is 1. The molecule has 0 aliphatic carbocycles. The first-order valence-corrected chi connectivity index (χ1v) is 9.18. The topological polar surface area (TPSA) is 95.6 Å². The summed E-state index contributed by atoms with van der Waals surface area (Å²) in [6.07, 6.45) is 0. The van der Waals surface area contributed by atoms with E-state index in [4.69, 9.17) is 8.60 Å². The molecule has 0 unspecified atom stereocenters. The van der Waals surface area contributed by atoms with Crippen LogP contribution in [0.3, 0.4) is 0 Å². The number of hydrogen-bond donors (Lipinski definition) is 0. The maximum atomic E-state index is 12.6. The third-order valence-electron chi connectivity index (χ3n) is 4.21. The highest BCUT2D eigenvalue weighted by molar-refractivity contribution is 7.87. The second-order valence-electron chi connectivity index (χ2n) is 6.08. The summed E-state index contributed by atoms with van der Waals surface area (Å²) in [5.74, 6) is -0.308. The van der Waals surface area contributed by atoms with E-state index in [1.807, 2.05) is 6.92 Å². The summed E-state index contributed by atoms with van der Waals surface area (Å²) in [5, 5.41) is -0.0918. The Morgan fingerprint density at radius 2 is 1.65 bits per heavy atom. The first kappa shape index (κ1) is 17.9. The molecule has 0 bridgehead atoms. The Morgan fingerprint density at radius 1 is 1.04 bits per heavy atom. The summed E-state index contributed by atoms with van der Waals surface area (Å²) in [7, 11) is -2.69. The fourth-order valence-corrected chi connectivity index (χ4v) is 3.50. The van der Waals surface area contributed by atoms with E-state index in [1.165, 1.54) is 36.7 Å². The van der Waals surface area contributed by atoms with E-state index in [2.05, 4.69) is 0 Å². The van der Waals surface area contributed by atoms with E-state index in [1.54, 1.807) is 19.1 Å². The van der Waals surface area contributed by atoms with Gasteiger partial charge in [-0.3, -0.25) is 4.79 Å². The van der Waals surface area contributed by atoms with Gasteiger partial charge in [0.2, 0.25) is 0 Å². The number of benzene rings is 1. The molecule has 2 heterocycles. The fraction of sp³-hybridized carbons (Fsp3) is 0.222. The van der Waals surface area contributed by atoms with E-state index in [0.29, 0.717) is 5.69 Å². The first-order valence-electron chi connectivity index (χ1n) is 7.77. The van der Waals surface area contributed by atoms with Crippen molar-refractivity contribution < 1.29 is 17.0 Å². The molecule has 0 saturated heterocycles. The summed E-state index contributed by atoms with van der Waals surface area (Å²) >= 11 is 0. The molecule has 0 amide bonds. The molecule has 0 aliphatic heterocycles. The molecule has 136 valence electrons. The Hall–Kier alpha value is -2.87. The highest BCUT2D eigenvalue weighted by Gasteiger charge is 2.24. The SMILES string of the molecule is Cc1ccc(S(=O)(=O)Oc2c(C)c(=O)oc3cc(C)n(C)c(=O)c23)cc1. The summed E-state index contributed by atoms with van der Waals surface area (Å²) in [4.78, 5) is 24.6. The summed E-state index contributed by atoms with van der Waals surface area (Å²) in [6.45, 7) is 4.85. The van der Waals surface area contributed by atoms with Gasteiger partial charge in [-0.1, -0.05) is 17.7 Å². The van der Waals surface area contributed by atoms with Crippen molar-refractivity contribution in [1.82, 2.24) is 4.57 Å². The lowest BCUT2D eigenvalue weighted by atomic mass is 10.2. The quantitative estimate of drug-likeness (QED) is 0.651. The molecule has 0 radical (unpaired) electrons. The number of pyridine rings is 1. The molecular weight excluding hydrogens is 358 g/mol. The molecule has 0 spiro atoms. The van der Waals surface area contributed by atoms with Crippen LogP contribution < -0.4 is 15.4 Å². The Bertz CT molecular complexity index is 1230. The van der Waals surface area contributed by atoms with Gasteiger partial charge in [-0.25, -0.2) is 4.79 Å². The lowest BCUT2D eigenvalue weighted by molar-refractivity contribution is 0.477. The van der Waals surface area contributed by atoms with Gasteiger partial charge >= 0.3 is 15.7 Å². The van der Waals surface area contributed by atoms with E-state index in [0.717, 1.165) is 5.56 Å². The van der Waals surface area contributed by atoms with Crippen LogP contribution in [0, 0.1) is 20.8 Å². The van der Waals surface area contributed by atoms with Gasteiger partial charge in [-0.2, -0.15) is 8.42 Å². The molecule has 0 N–H and O–H groups in total. The van der Waals surface area contributed by atoms with Crippen LogP contribution in [0.4, 0.5) is 0 Å². The minimum atomic E-state index is -4.23. The molecule has 8 heteroatoms. The second kappa shape index (κ2) is 6.14. The Labute approximate surface area is 149 Å². The smallest absolute Gasteiger partial charge is 0.342 e. The molecule has 0 atom stereocenters. The predicted octanol–water partition coefficient (Wildman–Crippen LogP) is 2.18. The Balaban J connectivity index is 2.29. The number of rotatable bonds is 3. The van der Waals surface area contributed by atoms with Gasteiger partial charge in [0.05, 0.1) is 5.56 Å². The second-order valence-corrected chi connectivity index (χ2v) is 7.63. The lowest BCUT2D eigenvalue weighted by Crippen LogP contribution is -2.23. The molecule has 0 aliphatic rings. The average Bonchev–Trinajstić information content (AvgIpc) is 2.57. The van der Waals surface area contributed by atoms with Crippen molar-refractivity contribution in [2.75, 3.05) is 0 Å². The highest BCUT2D eigenvalue weighted by atomic mass is 32.2. The molecule has 1 aromatic carbocycles. The summed E-state index contributed by atoms with van der Waals surface area (Å²) in [6, 6.07) is 7.54. The van der Waals surface area contributed by atoms with Gasteiger partial charge in [0.15, 0.2) is 5.75 Å². The van der Waals surface area contributed by atoms with Crippen molar-refractivity contribution in [2.45, 2.75) is 25.7 Å². The average molecular weight is 375 g/mol. The zero-order chi connectivity index (χ0) is 19.2. The fourth-order valence-electron chi connectivity index (χ4n) is 2.51. The largest absolute Gasteiger partial charge is 0.422 e. The molecule has 7 nitrogen and oxygen atoms in total. The minimum absolute atomic E-state index is 0.0182. The van der Waals surface area contributed by atoms with Crippen molar-refractivity contribution in [3.63, 3.8) is 0 Å². The van der Waals surface area contributed by atoms with Crippen molar-refractivity contribution in [1.29, 1.82) is 0 Å². The van der Waals surface area contributed by atoms with E-state index in [9.17, 15) is 18.0 Å². The van der Waals surface area contributed by atoms with Gasteiger partial charge in [-0.05, 0) is 32.9 Å². The molecule has 0 fully saturated rings. The van der Waals surface area contributed by atoms with Gasteiger partial charge in [0.25, 0.3) is 5.56 Å². The van der Waals surface area contributed by atoms with Crippen molar-refractivity contribution in [3.05, 3.63) is 67.9 Å². The van der Waals surface area contributed by atoms with Gasteiger partial charge in [-0.15, -0.1) is 0 Å². The van der Waals surface area contributed by atoms with Crippen LogP contribution >= 0.6 is 0 Å². The van der Waals surface area contributed by atoms with Crippen molar-refractivity contribution in [2.24, 2.45) is 7.05 Å². The maximum absolute atomic E-state index is 12.6. The standard InChI is InChI=1S/C18H17NO6S/c1-10-5-7-13(8-6-10)26(22,23)25-16-12(3)18(21)24-14-9-11(2)19(4)17(20)15(14)16/h5-9H,1-4H3. The van der Waals surface area contributed by atoms with Crippen LogP contribution in [0.15, 0.2) is 49.2 Å². The third-order valence-corrected chi connectivity index (χ3v) is 5.45.